The van der Waals surface area contributed by atoms with Gasteiger partial charge in [0.1, 0.15) is 4.47 Å². The van der Waals surface area contributed by atoms with E-state index in [9.17, 15) is 4.79 Å². The molecule has 6 heteroatoms. The Bertz CT molecular complexity index is 559. The Morgan fingerprint density at radius 2 is 2.20 bits per heavy atom. The summed E-state index contributed by atoms with van der Waals surface area (Å²) in [6.45, 7) is 1.75. The monoisotopic (exact) mass is 332 g/mol. The third-order valence-electron chi connectivity index (χ3n) is 1.86. The first kappa shape index (κ1) is 10.6. The van der Waals surface area contributed by atoms with Crippen LogP contribution in [-0.2, 0) is 0 Å². The molecule has 0 atom stereocenters. The SMILES string of the molecule is Cc1nc(-c2occc2Br)[nH]c(=O)c1Br. The quantitative estimate of drug-likeness (QED) is 0.873. The maximum atomic E-state index is 11.5. The highest BCUT2D eigenvalue weighted by Gasteiger charge is 2.12. The van der Waals surface area contributed by atoms with Crippen LogP contribution in [0.15, 0.2) is 30.5 Å². The number of rotatable bonds is 1. The summed E-state index contributed by atoms with van der Waals surface area (Å²) in [5, 5.41) is 0. The van der Waals surface area contributed by atoms with Gasteiger partial charge in [-0.1, -0.05) is 0 Å². The molecule has 0 aliphatic heterocycles. The largest absolute Gasteiger partial charge is 0.460 e. The minimum Gasteiger partial charge on any atom is -0.460 e. The van der Waals surface area contributed by atoms with Crippen molar-refractivity contribution in [3.63, 3.8) is 0 Å². The molecule has 2 aromatic rings. The zero-order chi connectivity index (χ0) is 11.0. The summed E-state index contributed by atoms with van der Waals surface area (Å²) >= 11 is 6.45. The van der Waals surface area contributed by atoms with E-state index in [-0.39, 0.29) is 5.56 Å². The van der Waals surface area contributed by atoms with Gasteiger partial charge in [0, 0.05) is 0 Å². The van der Waals surface area contributed by atoms with Gasteiger partial charge in [-0.25, -0.2) is 4.98 Å². The van der Waals surface area contributed by atoms with E-state index in [1.807, 2.05) is 0 Å². The molecule has 78 valence electrons. The minimum atomic E-state index is -0.221. The fraction of sp³-hybridized carbons (Fsp3) is 0.111. The second kappa shape index (κ2) is 3.94. The Balaban J connectivity index is 2.66. The first-order valence-electron chi connectivity index (χ1n) is 4.09. The molecule has 0 saturated carbocycles. The predicted octanol–water partition coefficient (Wildman–Crippen LogP) is 2.86. The van der Waals surface area contributed by atoms with E-state index < -0.39 is 0 Å². The number of aromatic amines is 1. The summed E-state index contributed by atoms with van der Waals surface area (Å²) in [5.74, 6) is 0.931. The maximum Gasteiger partial charge on any atom is 0.265 e. The van der Waals surface area contributed by atoms with Crippen molar-refractivity contribution >= 4 is 31.9 Å². The van der Waals surface area contributed by atoms with Crippen LogP contribution in [0.1, 0.15) is 5.69 Å². The van der Waals surface area contributed by atoms with Crippen LogP contribution in [0.2, 0.25) is 0 Å². The topological polar surface area (TPSA) is 58.9 Å². The molecule has 0 aliphatic rings. The maximum absolute atomic E-state index is 11.5. The van der Waals surface area contributed by atoms with E-state index in [0.717, 1.165) is 4.47 Å². The van der Waals surface area contributed by atoms with Gasteiger partial charge in [0.2, 0.25) is 0 Å². The average Bonchev–Trinajstić information content (AvgIpc) is 2.60. The first-order valence-corrected chi connectivity index (χ1v) is 5.68. The van der Waals surface area contributed by atoms with Crippen molar-refractivity contribution in [3.8, 4) is 11.6 Å². The zero-order valence-electron chi connectivity index (χ0n) is 7.67. The Morgan fingerprint density at radius 1 is 1.47 bits per heavy atom. The lowest BCUT2D eigenvalue weighted by molar-refractivity contribution is 0.575. The van der Waals surface area contributed by atoms with Crippen molar-refractivity contribution < 1.29 is 4.42 Å². The van der Waals surface area contributed by atoms with Gasteiger partial charge >= 0.3 is 0 Å². The number of furan rings is 1. The van der Waals surface area contributed by atoms with Gasteiger partial charge in [-0.2, -0.15) is 0 Å². The molecule has 0 aliphatic carbocycles. The molecule has 0 saturated heterocycles. The van der Waals surface area contributed by atoms with Crippen LogP contribution >= 0.6 is 31.9 Å². The number of halogens is 2. The van der Waals surface area contributed by atoms with Crippen LogP contribution in [0, 0.1) is 6.92 Å². The van der Waals surface area contributed by atoms with Crippen molar-refractivity contribution in [3.05, 3.63) is 37.3 Å². The molecule has 0 radical (unpaired) electrons. The summed E-state index contributed by atoms with van der Waals surface area (Å²) in [5.41, 5.74) is 0.401. The van der Waals surface area contributed by atoms with Crippen molar-refractivity contribution in [2.75, 3.05) is 0 Å². The number of nitrogens with zero attached hydrogens (tertiary/aromatic N) is 1. The zero-order valence-corrected chi connectivity index (χ0v) is 10.8. The third kappa shape index (κ3) is 1.91. The van der Waals surface area contributed by atoms with Gasteiger partial charge < -0.3 is 9.40 Å². The second-order valence-corrected chi connectivity index (χ2v) is 4.56. The highest BCUT2D eigenvalue weighted by atomic mass is 79.9. The van der Waals surface area contributed by atoms with Gasteiger partial charge in [-0.05, 0) is 44.8 Å². The molecule has 0 spiro atoms. The fourth-order valence-electron chi connectivity index (χ4n) is 1.14. The smallest absolute Gasteiger partial charge is 0.265 e. The summed E-state index contributed by atoms with van der Waals surface area (Å²) < 4.78 is 6.40. The molecular weight excluding hydrogens is 328 g/mol. The van der Waals surface area contributed by atoms with Crippen LogP contribution in [0.5, 0.6) is 0 Å². The van der Waals surface area contributed by atoms with Gasteiger partial charge in [-0.15, -0.1) is 0 Å². The molecule has 0 amide bonds. The molecule has 0 fully saturated rings. The van der Waals surface area contributed by atoms with Crippen molar-refractivity contribution in [1.82, 2.24) is 9.97 Å². The molecule has 2 aromatic heterocycles. The van der Waals surface area contributed by atoms with Crippen LogP contribution in [-0.4, -0.2) is 9.97 Å². The number of hydrogen-bond donors (Lipinski definition) is 1. The van der Waals surface area contributed by atoms with E-state index in [1.165, 1.54) is 6.26 Å². The fourth-order valence-corrected chi connectivity index (χ4v) is 1.72. The number of aryl methyl sites for hydroxylation is 1. The van der Waals surface area contributed by atoms with Gasteiger partial charge in [0.15, 0.2) is 11.6 Å². The van der Waals surface area contributed by atoms with Gasteiger partial charge in [0.25, 0.3) is 5.56 Å². The van der Waals surface area contributed by atoms with Crippen LogP contribution in [0.4, 0.5) is 0 Å². The third-order valence-corrected chi connectivity index (χ3v) is 3.42. The van der Waals surface area contributed by atoms with E-state index in [2.05, 4.69) is 41.8 Å². The van der Waals surface area contributed by atoms with E-state index in [0.29, 0.717) is 21.8 Å². The standard InChI is InChI=1S/C9H6Br2N2O2/c1-4-6(11)9(14)13-8(12-4)7-5(10)2-3-15-7/h2-3H,1H3,(H,12,13,14). The van der Waals surface area contributed by atoms with Crippen molar-refractivity contribution in [2.24, 2.45) is 0 Å². The first-order chi connectivity index (χ1) is 7.09. The Morgan fingerprint density at radius 3 is 2.73 bits per heavy atom. The molecule has 15 heavy (non-hydrogen) atoms. The molecule has 4 nitrogen and oxygen atoms in total. The Hall–Kier alpha value is -0.880. The van der Waals surface area contributed by atoms with Crippen molar-refractivity contribution in [2.45, 2.75) is 6.92 Å². The lowest BCUT2D eigenvalue weighted by Crippen LogP contribution is -2.11. The molecule has 1 N–H and O–H groups in total. The van der Waals surface area contributed by atoms with E-state index >= 15 is 0 Å². The minimum absolute atomic E-state index is 0.221. The molecule has 0 bridgehead atoms. The molecular formula is C9H6Br2N2O2. The molecule has 2 heterocycles. The normalized spacial score (nSPS) is 10.6. The molecule has 0 unspecified atom stereocenters. The van der Waals surface area contributed by atoms with E-state index in [1.54, 1.807) is 13.0 Å². The summed E-state index contributed by atoms with van der Waals surface area (Å²) in [6, 6.07) is 1.74. The van der Waals surface area contributed by atoms with Crippen LogP contribution in [0.25, 0.3) is 11.6 Å². The number of hydrogen-bond acceptors (Lipinski definition) is 3. The van der Waals surface area contributed by atoms with Crippen molar-refractivity contribution in [1.29, 1.82) is 0 Å². The highest BCUT2D eigenvalue weighted by Crippen LogP contribution is 2.26. The van der Waals surface area contributed by atoms with E-state index in [4.69, 9.17) is 4.42 Å². The Kier molecular flexibility index (Phi) is 2.79. The second-order valence-electron chi connectivity index (χ2n) is 2.91. The van der Waals surface area contributed by atoms with Crippen LogP contribution in [0.3, 0.4) is 0 Å². The summed E-state index contributed by atoms with van der Waals surface area (Å²) in [7, 11) is 0. The number of H-pyrrole nitrogens is 1. The van der Waals surface area contributed by atoms with Crippen LogP contribution < -0.4 is 5.56 Å². The number of nitrogens with one attached hydrogen (secondary N) is 1. The predicted molar refractivity (Wildman–Crippen MR) is 62.7 cm³/mol. The molecule has 2 rings (SSSR count). The lowest BCUT2D eigenvalue weighted by Gasteiger charge is -2.00. The lowest BCUT2D eigenvalue weighted by atomic mass is 10.4. The van der Waals surface area contributed by atoms with Gasteiger partial charge in [0.05, 0.1) is 16.4 Å². The van der Waals surface area contributed by atoms with Gasteiger partial charge in [-0.3, -0.25) is 4.79 Å². The number of aromatic nitrogens is 2. The average molecular weight is 334 g/mol. The summed E-state index contributed by atoms with van der Waals surface area (Å²) in [6.07, 6.45) is 1.52. The molecule has 0 aromatic carbocycles. The summed E-state index contributed by atoms with van der Waals surface area (Å²) in [4.78, 5) is 18.3. The highest BCUT2D eigenvalue weighted by molar-refractivity contribution is 9.10. The Labute approximate surface area is 102 Å².